The number of nitrogens with one attached hydrogen (secondary N) is 1. The van der Waals surface area contributed by atoms with E-state index in [1.165, 1.54) is 6.20 Å². The Hall–Kier alpha value is -3.19. The van der Waals surface area contributed by atoms with Crippen LogP contribution in [-0.2, 0) is 7.05 Å². The number of pyridine rings is 1. The maximum absolute atomic E-state index is 12.4. The first kappa shape index (κ1) is 18.6. The molecule has 0 spiro atoms. The highest BCUT2D eigenvalue weighted by atomic mass is 16.5. The smallest absolute Gasteiger partial charge is 0.253 e. The minimum Gasteiger partial charge on any atom is -0.438 e. The summed E-state index contributed by atoms with van der Waals surface area (Å²) in [7, 11) is 1.82. The van der Waals surface area contributed by atoms with E-state index in [0.29, 0.717) is 28.5 Å². The van der Waals surface area contributed by atoms with Crippen molar-refractivity contribution in [3.63, 3.8) is 0 Å². The number of aliphatic hydroxyl groups excluding tert-OH is 1. The lowest BCUT2D eigenvalue weighted by Crippen LogP contribution is -2.35. The third-order valence-electron chi connectivity index (χ3n) is 3.99. The van der Waals surface area contributed by atoms with Gasteiger partial charge < -0.3 is 15.2 Å². The summed E-state index contributed by atoms with van der Waals surface area (Å²) >= 11 is 0. The van der Waals surface area contributed by atoms with Crippen LogP contribution in [0.15, 0.2) is 48.8 Å². The van der Waals surface area contributed by atoms with E-state index in [0.717, 1.165) is 5.56 Å². The van der Waals surface area contributed by atoms with Crippen LogP contribution >= 0.6 is 0 Å². The molecule has 27 heavy (non-hydrogen) atoms. The number of benzene rings is 1. The maximum Gasteiger partial charge on any atom is 0.253 e. The molecule has 0 unspecified atom stereocenters. The van der Waals surface area contributed by atoms with Crippen molar-refractivity contribution in [3.8, 4) is 22.9 Å². The molecule has 2 heterocycles. The molecule has 1 aromatic carbocycles. The predicted molar refractivity (Wildman–Crippen MR) is 102 cm³/mol. The zero-order chi connectivity index (χ0) is 19.4. The summed E-state index contributed by atoms with van der Waals surface area (Å²) in [4.78, 5) is 16.7. The Bertz CT molecular complexity index is 935. The highest BCUT2D eigenvalue weighted by molar-refractivity contribution is 5.95. The van der Waals surface area contributed by atoms with Crippen molar-refractivity contribution in [2.45, 2.75) is 19.9 Å². The van der Waals surface area contributed by atoms with Crippen LogP contribution in [0.2, 0.25) is 0 Å². The van der Waals surface area contributed by atoms with Gasteiger partial charge in [-0.15, -0.1) is 0 Å². The molecule has 3 rings (SSSR count). The average Bonchev–Trinajstić information content (AvgIpc) is 3.10. The quantitative estimate of drug-likeness (QED) is 0.700. The number of hydrogen-bond donors (Lipinski definition) is 2. The Morgan fingerprint density at radius 2 is 2.04 bits per heavy atom. The van der Waals surface area contributed by atoms with Gasteiger partial charge in [0, 0.05) is 25.5 Å². The van der Waals surface area contributed by atoms with E-state index in [9.17, 15) is 4.79 Å². The maximum atomic E-state index is 12.4. The number of hydrogen-bond acceptors (Lipinski definition) is 5. The molecule has 2 aromatic heterocycles. The van der Waals surface area contributed by atoms with Crippen LogP contribution in [0.25, 0.3) is 11.3 Å². The molecule has 2 N–H and O–H groups in total. The number of carbonyl (C=O) groups is 1. The molecule has 0 fully saturated rings. The van der Waals surface area contributed by atoms with E-state index in [1.807, 2.05) is 50.5 Å². The summed E-state index contributed by atoms with van der Waals surface area (Å²) in [5.74, 6) is 0.698. The van der Waals surface area contributed by atoms with Crippen molar-refractivity contribution in [3.05, 3.63) is 59.9 Å². The second-order valence-electron chi connectivity index (χ2n) is 6.42. The standard InChI is InChI=1S/C20H22N4O3/c1-13-4-6-16(7-5-13)27-20-17(18-8-9-24(3)23-18)10-15(11-21-20)19(26)22-14(2)12-25/h4-11,14,25H,12H2,1-3H3,(H,22,26)/t14-/m1/s1. The van der Waals surface area contributed by atoms with Crippen LogP contribution in [0.5, 0.6) is 11.6 Å². The molecule has 7 nitrogen and oxygen atoms in total. The van der Waals surface area contributed by atoms with Crippen molar-refractivity contribution >= 4 is 5.91 Å². The molecule has 7 heteroatoms. The van der Waals surface area contributed by atoms with E-state index >= 15 is 0 Å². The number of aryl methyl sites for hydroxylation is 2. The van der Waals surface area contributed by atoms with E-state index in [4.69, 9.17) is 9.84 Å². The van der Waals surface area contributed by atoms with Crippen molar-refractivity contribution in [2.24, 2.45) is 7.05 Å². The fraction of sp³-hybridized carbons (Fsp3) is 0.250. The Balaban J connectivity index is 1.97. The molecular formula is C20H22N4O3. The van der Waals surface area contributed by atoms with Gasteiger partial charge in [0.2, 0.25) is 5.88 Å². The van der Waals surface area contributed by atoms with E-state index in [2.05, 4.69) is 15.4 Å². The summed E-state index contributed by atoms with van der Waals surface area (Å²) < 4.78 is 7.61. The van der Waals surface area contributed by atoms with Crippen LogP contribution < -0.4 is 10.1 Å². The monoisotopic (exact) mass is 366 g/mol. The third kappa shape index (κ3) is 4.51. The van der Waals surface area contributed by atoms with Crippen LogP contribution in [-0.4, -0.2) is 38.4 Å². The molecular weight excluding hydrogens is 344 g/mol. The number of ether oxygens (including phenoxy) is 1. The Morgan fingerprint density at radius 3 is 2.67 bits per heavy atom. The average molecular weight is 366 g/mol. The van der Waals surface area contributed by atoms with Crippen molar-refractivity contribution in [1.82, 2.24) is 20.1 Å². The Labute approximate surface area is 157 Å². The summed E-state index contributed by atoms with van der Waals surface area (Å²) in [6, 6.07) is 10.8. The lowest BCUT2D eigenvalue weighted by atomic mass is 10.1. The van der Waals surface area contributed by atoms with Gasteiger partial charge in [-0.3, -0.25) is 9.48 Å². The number of aromatic nitrogens is 3. The van der Waals surface area contributed by atoms with Gasteiger partial charge in [0.1, 0.15) is 5.75 Å². The lowest BCUT2D eigenvalue weighted by molar-refractivity contribution is 0.0922. The molecule has 0 aliphatic heterocycles. The fourth-order valence-electron chi connectivity index (χ4n) is 2.47. The minimum absolute atomic E-state index is 0.138. The van der Waals surface area contributed by atoms with Gasteiger partial charge in [-0.05, 0) is 38.1 Å². The number of amides is 1. The van der Waals surface area contributed by atoms with Crippen LogP contribution in [0, 0.1) is 6.92 Å². The first-order chi connectivity index (χ1) is 13.0. The number of carbonyl (C=O) groups excluding carboxylic acids is 1. The summed E-state index contributed by atoms with van der Waals surface area (Å²) in [6.07, 6.45) is 3.26. The number of nitrogens with zero attached hydrogens (tertiary/aromatic N) is 3. The van der Waals surface area contributed by atoms with E-state index < -0.39 is 0 Å². The zero-order valence-corrected chi connectivity index (χ0v) is 15.5. The molecule has 0 radical (unpaired) electrons. The second-order valence-corrected chi connectivity index (χ2v) is 6.42. The van der Waals surface area contributed by atoms with Gasteiger partial charge in [0.15, 0.2) is 0 Å². The fourth-order valence-corrected chi connectivity index (χ4v) is 2.47. The van der Waals surface area contributed by atoms with Crippen molar-refractivity contribution < 1.29 is 14.6 Å². The first-order valence-corrected chi connectivity index (χ1v) is 8.62. The highest BCUT2D eigenvalue weighted by Gasteiger charge is 2.17. The topological polar surface area (TPSA) is 89.3 Å². The van der Waals surface area contributed by atoms with Gasteiger partial charge in [-0.1, -0.05) is 17.7 Å². The van der Waals surface area contributed by atoms with Crippen LogP contribution in [0.1, 0.15) is 22.8 Å². The van der Waals surface area contributed by atoms with Crippen molar-refractivity contribution in [2.75, 3.05) is 6.61 Å². The molecule has 1 amide bonds. The molecule has 0 aliphatic carbocycles. The Morgan fingerprint density at radius 1 is 1.30 bits per heavy atom. The lowest BCUT2D eigenvalue weighted by Gasteiger charge is -2.13. The summed E-state index contributed by atoms with van der Waals surface area (Å²) in [6.45, 7) is 3.59. The molecule has 0 saturated carbocycles. The molecule has 0 bridgehead atoms. The SMILES string of the molecule is Cc1ccc(Oc2ncc(C(=O)N[C@H](C)CO)cc2-c2ccn(C)n2)cc1. The van der Waals surface area contributed by atoms with Crippen molar-refractivity contribution in [1.29, 1.82) is 0 Å². The largest absolute Gasteiger partial charge is 0.438 e. The van der Waals surface area contributed by atoms with Gasteiger partial charge in [0.25, 0.3) is 5.91 Å². The molecule has 3 aromatic rings. The van der Waals surface area contributed by atoms with Gasteiger partial charge in [0.05, 0.1) is 23.4 Å². The third-order valence-corrected chi connectivity index (χ3v) is 3.99. The summed E-state index contributed by atoms with van der Waals surface area (Å²) in [5, 5.41) is 16.2. The molecule has 0 saturated heterocycles. The molecule has 1 atom stereocenters. The van der Waals surface area contributed by atoms with Gasteiger partial charge >= 0.3 is 0 Å². The van der Waals surface area contributed by atoms with E-state index in [-0.39, 0.29) is 18.6 Å². The van der Waals surface area contributed by atoms with Gasteiger partial charge in [-0.2, -0.15) is 5.10 Å². The predicted octanol–water partition coefficient (Wildman–Crippen LogP) is 2.69. The number of aliphatic hydroxyl groups is 1. The zero-order valence-electron chi connectivity index (χ0n) is 15.5. The second kappa shape index (κ2) is 8.01. The van der Waals surface area contributed by atoms with Crippen LogP contribution in [0.3, 0.4) is 0 Å². The normalized spacial score (nSPS) is 11.9. The summed E-state index contributed by atoms with van der Waals surface area (Å²) in [5.41, 5.74) is 2.76. The Kier molecular flexibility index (Phi) is 5.52. The highest BCUT2D eigenvalue weighted by Crippen LogP contribution is 2.31. The number of rotatable bonds is 6. The minimum atomic E-state index is -0.348. The molecule has 0 aliphatic rings. The molecule has 140 valence electrons. The van der Waals surface area contributed by atoms with Gasteiger partial charge in [-0.25, -0.2) is 4.98 Å². The first-order valence-electron chi connectivity index (χ1n) is 8.62. The van der Waals surface area contributed by atoms with Crippen LogP contribution in [0.4, 0.5) is 0 Å². The van der Waals surface area contributed by atoms with E-state index in [1.54, 1.807) is 17.7 Å².